The van der Waals surface area contributed by atoms with Crippen LogP contribution < -0.4 is 16.0 Å². The number of aromatic nitrogens is 3. The van der Waals surface area contributed by atoms with Gasteiger partial charge in [-0.15, -0.1) is 0 Å². The monoisotopic (exact) mass is 344 g/mol. The Balaban J connectivity index is 2.16. The molecule has 2 rings (SSSR count). The van der Waals surface area contributed by atoms with Gasteiger partial charge in [0.05, 0.1) is 12.6 Å². The van der Waals surface area contributed by atoms with Gasteiger partial charge in [-0.05, 0) is 25.3 Å². The lowest BCUT2D eigenvalue weighted by Gasteiger charge is -2.17. The molecule has 0 aliphatic heterocycles. The van der Waals surface area contributed by atoms with Crippen LogP contribution in [0.2, 0.25) is 0 Å². The predicted octanol–water partition coefficient (Wildman–Crippen LogP) is 2.88. The molecular formula is C18H28N6O. The van der Waals surface area contributed by atoms with Gasteiger partial charge in [0.15, 0.2) is 0 Å². The summed E-state index contributed by atoms with van der Waals surface area (Å²) in [5.74, 6) is 1.48. The molecule has 0 aliphatic carbocycles. The summed E-state index contributed by atoms with van der Waals surface area (Å²) < 4.78 is 0. The Labute approximate surface area is 149 Å². The topological polar surface area (TPSA) is 95.0 Å². The maximum atomic E-state index is 9.40. The molecular weight excluding hydrogens is 316 g/mol. The third-order valence-corrected chi connectivity index (χ3v) is 3.96. The van der Waals surface area contributed by atoms with Crippen molar-refractivity contribution in [3.05, 3.63) is 35.9 Å². The Morgan fingerprint density at radius 2 is 1.56 bits per heavy atom. The number of anilines is 3. The van der Waals surface area contributed by atoms with E-state index < -0.39 is 0 Å². The van der Waals surface area contributed by atoms with E-state index in [9.17, 15) is 5.11 Å². The Hall–Kier alpha value is -2.41. The van der Waals surface area contributed by atoms with Crippen molar-refractivity contribution in [2.24, 2.45) is 0 Å². The molecule has 0 saturated heterocycles. The molecule has 0 saturated carbocycles. The summed E-state index contributed by atoms with van der Waals surface area (Å²) >= 11 is 0. The predicted molar refractivity (Wildman–Crippen MR) is 102 cm³/mol. The zero-order chi connectivity index (χ0) is 18.1. The van der Waals surface area contributed by atoms with Crippen molar-refractivity contribution in [1.82, 2.24) is 15.0 Å². The average Bonchev–Trinajstić information content (AvgIpc) is 2.65. The average molecular weight is 344 g/mol. The minimum atomic E-state index is -0.0826. The van der Waals surface area contributed by atoms with Crippen molar-refractivity contribution in [2.45, 2.75) is 52.2 Å². The third-order valence-electron chi connectivity index (χ3n) is 3.96. The summed E-state index contributed by atoms with van der Waals surface area (Å²) in [6, 6.07) is 10.3. The third kappa shape index (κ3) is 6.19. The van der Waals surface area contributed by atoms with Crippen molar-refractivity contribution in [3.8, 4) is 0 Å². The molecule has 2 aromatic rings. The van der Waals surface area contributed by atoms with Crippen LogP contribution in [0.15, 0.2) is 30.3 Å². The van der Waals surface area contributed by atoms with E-state index in [4.69, 9.17) is 0 Å². The van der Waals surface area contributed by atoms with Gasteiger partial charge >= 0.3 is 0 Å². The molecule has 2 atom stereocenters. The molecule has 1 unspecified atom stereocenters. The summed E-state index contributed by atoms with van der Waals surface area (Å²) in [6.45, 7) is 6.84. The number of hydrogen-bond acceptors (Lipinski definition) is 7. The lowest BCUT2D eigenvalue weighted by atomic mass is 10.2. The molecule has 25 heavy (non-hydrogen) atoms. The highest BCUT2D eigenvalue weighted by Gasteiger charge is 2.11. The van der Waals surface area contributed by atoms with Crippen LogP contribution in [0.3, 0.4) is 0 Å². The first kappa shape index (κ1) is 18.9. The highest BCUT2D eigenvalue weighted by molar-refractivity contribution is 5.43. The first-order chi connectivity index (χ1) is 12.1. The number of aliphatic hydroxyl groups excluding tert-OH is 1. The smallest absolute Gasteiger partial charge is 0.229 e. The van der Waals surface area contributed by atoms with Crippen LogP contribution in [0.25, 0.3) is 0 Å². The van der Waals surface area contributed by atoms with Crippen molar-refractivity contribution >= 4 is 17.8 Å². The van der Waals surface area contributed by atoms with Crippen LogP contribution in [0.4, 0.5) is 17.8 Å². The summed E-state index contributed by atoms with van der Waals surface area (Å²) in [6.07, 6.45) is 1.75. The number of nitrogens with zero attached hydrogens (tertiary/aromatic N) is 3. The Kier molecular flexibility index (Phi) is 7.40. The van der Waals surface area contributed by atoms with Crippen molar-refractivity contribution in [3.63, 3.8) is 0 Å². The van der Waals surface area contributed by atoms with Crippen molar-refractivity contribution < 1.29 is 5.11 Å². The minimum Gasteiger partial charge on any atom is -0.394 e. The first-order valence-electron chi connectivity index (χ1n) is 8.82. The molecule has 4 N–H and O–H groups in total. The molecule has 0 radical (unpaired) electrons. The van der Waals surface area contributed by atoms with E-state index in [1.165, 1.54) is 0 Å². The maximum Gasteiger partial charge on any atom is 0.229 e. The number of aliphatic hydroxyl groups is 1. The van der Waals surface area contributed by atoms with Crippen LogP contribution in [0.1, 0.15) is 39.2 Å². The van der Waals surface area contributed by atoms with Gasteiger partial charge in [0.1, 0.15) is 0 Å². The van der Waals surface area contributed by atoms with Gasteiger partial charge in [-0.2, -0.15) is 15.0 Å². The largest absolute Gasteiger partial charge is 0.394 e. The normalized spacial score (nSPS) is 13.1. The van der Waals surface area contributed by atoms with Crippen molar-refractivity contribution in [1.29, 1.82) is 0 Å². The van der Waals surface area contributed by atoms with Crippen LogP contribution in [-0.4, -0.2) is 38.7 Å². The second-order valence-electron chi connectivity index (χ2n) is 6.03. The van der Waals surface area contributed by atoms with Gasteiger partial charge in [-0.3, -0.25) is 0 Å². The van der Waals surface area contributed by atoms with E-state index >= 15 is 0 Å². The van der Waals surface area contributed by atoms with Gasteiger partial charge < -0.3 is 21.1 Å². The second-order valence-corrected chi connectivity index (χ2v) is 6.03. The number of nitrogens with one attached hydrogen (secondary N) is 3. The highest BCUT2D eigenvalue weighted by atomic mass is 16.3. The zero-order valence-corrected chi connectivity index (χ0v) is 15.2. The molecule has 136 valence electrons. The van der Waals surface area contributed by atoms with Crippen LogP contribution in [0, 0.1) is 0 Å². The molecule has 7 heteroatoms. The zero-order valence-electron chi connectivity index (χ0n) is 15.2. The summed E-state index contributed by atoms with van der Waals surface area (Å²) in [7, 11) is 0. The van der Waals surface area contributed by atoms with E-state index in [0.29, 0.717) is 24.4 Å². The van der Waals surface area contributed by atoms with E-state index in [0.717, 1.165) is 18.4 Å². The maximum absolute atomic E-state index is 9.40. The highest BCUT2D eigenvalue weighted by Crippen LogP contribution is 2.13. The van der Waals surface area contributed by atoms with Crippen LogP contribution >= 0.6 is 0 Å². The summed E-state index contributed by atoms with van der Waals surface area (Å²) in [4.78, 5) is 13.3. The SMILES string of the molecule is CCC(C)Nc1nc(NCc2ccccc2)nc(N[C@H](CC)CO)n1. The molecule has 0 amide bonds. The fourth-order valence-electron chi connectivity index (χ4n) is 2.14. The molecule has 7 nitrogen and oxygen atoms in total. The van der Waals surface area contributed by atoms with Crippen molar-refractivity contribution in [2.75, 3.05) is 22.6 Å². The van der Waals surface area contributed by atoms with E-state index in [2.05, 4.69) is 44.7 Å². The molecule has 1 aromatic carbocycles. The molecule has 1 heterocycles. The molecule has 0 fully saturated rings. The fraction of sp³-hybridized carbons (Fsp3) is 0.500. The standard InChI is InChI=1S/C18H28N6O/c1-4-13(3)20-17-22-16(19-11-14-9-7-6-8-10-14)23-18(24-17)21-15(5-2)12-25/h6-10,13,15,25H,4-5,11-12H2,1-3H3,(H3,19,20,21,22,23,24)/t13?,15-/m1/s1. The number of benzene rings is 1. The lowest BCUT2D eigenvalue weighted by Crippen LogP contribution is -2.25. The van der Waals surface area contributed by atoms with Gasteiger partial charge in [0, 0.05) is 12.6 Å². The van der Waals surface area contributed by atoms with Gasteiger partial charge in [0.25, 0.3) is 0 Å². The van der Waals surface area contributed by atoms with E-state index in [1.807, 2.05) is 37.3 Å². The number of rotatable bonds is 10. The summed E-state index contributed by atoms with van der Waals surface area (Å²) in [5.41, 5.74) is 1.15. The first-order valence-corrected chi connectivity index (χ1v) is 8.82. The van der Waals surface area contributed by atoms with E-state index in [1.54, 1.807) is 0 Å². The fourth-order valence-corrected chi connectivity index (χ4v) is 2.14. The van der Waals surface area contributed by atoms with E-state index in [-0.39, 0.29) is 18.7 Å². The van der Waals surface area contributed by atoms with Gasteiger partial charge in [0.2, 0.25) is 17.8 Å². The summed E-state index contributed by atoms with van der Waals surface area (Å²) in [5, 5.41) is 19.1. The van der Waals surface area contributed by atoms with Crippen LogP contribution in [0.5, 0.6) is 0 Å². The lowest BCUT2D eigenvalue weighted by molar-refractivity contribution is 0.271. The molecule has 1 aromatic heterocycles. The quantitative estimate of drug-likeness (QED) is 0.526. The minimum absolute atomic E-state index is 0.0308. The molecule has 0 bridgehead atoms. The molecule has 0 aliphatic rings. The van der Waals surface area contributed by atoms with Gasteiger partial charge in [-0.1, -0.05) is 44.2 Å². The number of hydrogen-bond donors (Lipinski definition) is 4. The Morgan fingerprint density at radius 1 is 0.920 bits per heavy atom. The van der Waals surface area contributed by atoms with Crippen LogP contribution in [-0.2, 0) is 6.54 Å². The Morgan fingerprint density at radius 3 is 2.16 bits per heavy atom. The molecule has 0 spiro atoms. The van der Waals surface area contributed by atoms with Gasteiger partial charge in [-0.25, -0.2) is 0 Å². The Bertz CT molecular complexity index is 633. The second kappa shape index (κ2) is 9.78.